The number of benzene rings is 5. The topological polar surface area (TPSA) is 50.7 Å². The van der Waals surface area contributed by atoms with E-state index in [9.17, 15) is 0 Å². The highest BCUT2D eigenvalue weighted by Crippen LogP contribution is 2.27. The fraction of sp³-hybridized carbons (Fsp3) is 0. The predicted molar refractivity (Wildman–Crippen MR) is 143 cm³/mol. The van der Waals surface area contributed by atoms with Crippen LogP contribution in [0.1, 0.15) is 0 Å². The molecule has 4 heteroatoms. The molecule has 1 heterocycles. The molecule has 6 rings (SSSR count). The van der Waals surface area contributed by atoms with Gasteiger partial charge in [-0.3, -0.25) is 0 Å². The number of nitrogens with zero attached hydrogens (tertiary/aromatic N) is 3. The van der Waals surface area contributed by atoms with Crippen molar-refractivity contribution in [2.24, 2.45) is 0 Å². The summed E-state index contributed by atoms with van der Waals surface area (Å²) < 4.78 is 0. The molecule has 0 amide bonds. The Labute approximate surface area is 204 Å². The minimum Gasteiger partial charge on any atom is -0.324 e. The summed E-state index contributed by atoms with van der Waals surface area (Å²) in [5.41, 5.74) is 5.15. The number of fused-ring (bicyclic) bond motifs is 1. The minimum atomic E-state index is 0.510. The van der Waals surface area contributed by atoms with Crippen LogP contribution in [0, 0.1) is 0 Å². The molecule has 0 aliphatic heterocycles. The van der Waals surface area contributed by atoms with Crippen LogP contribution in [0.15, 0.2) is 127 Å². The van der Waals surface area contributed by atoms with Gasteiger partial charge in [-0.15, -0.1) is 0 Å². The molecule has 35 heavy (non-hydrogen) atoms. The first kappa shape index (κ1) is 20.8. The van der Waals surface area contributed by atoms with Crippen LogP contribution in [0.3, 0.4) is 0 Å². The van der Waals surface area contributed by atoms with Gasteiger partial charge in [0.05, 0.1) is 0 Å². The van der Waals surface area contributed by atoms with Crippen molar-refractivity contribution in [1.82, 2.24) is 15.0 Å². The predicted octanol–water partition coefficient (Wildman–Crippen LogP) is 7.77. The Hall–Kier alpha value is -4.83. The Balaban J connectivity index is 1.32. The molecule has 1 aromatic heterocycles. The molecule has 0 aliphatic carbocycles. The van der Waals surface area contributed by atoms with E-state index in [0.29, 0.717) is 17.6 Å². The van der Waals surface area contributed by atoms with E-state index in [1.165, 1.54) is 16.3 Å². The third-order valence-electron chi connectivity index (χ3n) is 5.92. The summed E-state index contributed by atoms with van der Waals surface area (Å²) in [5.74, 6) is 1.78. The largest absolute Gasteiger partial charge is 0.324 e. The second kappa shape index (κ2) is 9.20. The molecule has 0 atom stereocenters. The quantitative estimate of drug-likeness (QED) is 0.291. The molecule has 0 spiro atoms. The third-order valence-corrected chi connectivity index (χ3v) is 5.92. The lowest BCUT2D eigenvalue weighted by Gasteiger charge is -2.10. The van der Waals surface area contributed by atoms with Gasteiger partial charge >= 0.3 is 0 Å². The van der Waals surface area contributed by atoms with Crippen molar-refractivity contribution in [3.63, 3.8) is 0 Å². The van der Waals surface area contributed by atoms with E-state index in [1.807, 2.05) is 60.7 Å². The smallest absolute Gasteiger partial charge is 0.231 e. The van der Waals surface area contributed by atoms with E-state index in [1.54, 1.807) is 0 Å². The molecular formula is C31H22N4. The van der Waals surface area contributed by atoms with Gasteiger partial charge in [-0.25, -0.2) is 4.98 Å². The summed E-state index contributed by atoms with van der Waals surface area (Å²) >= 11 is 0. The van der Waals surface area contributed by atoms with Gasteiger partial charge in [0.2, 0.25) is 5.95 Å². The van der Waals surface area contributed by atoms with Crippen LogP contribution in [0.2, 0.25) is 0 Å². The van der Waals surface area contributed by atoms with Crippen LogP contribution in [-0.4, -0.2) is 15.0 Å². The molecule has 0 aliphatic rings. The summed E-state index contributed by atoms with van der Waals surface area (Å²) in [6.07, 6.45) is 0. The number of rotatable bonds is 5. The van der Waals surface area contributed by atoms with Crippen LogP contribution in [0.5, 0.6) is 0 Å². The first-order valence-corrected chi connectivity index (χ1v) is 11.5. The zero-order chi connectivity index (χ0) is 23.5. The number of nitrogens with one attached hydrogen (secondary N) is 1. The monoisotopic (exact) mass is 450 g/mol. The second-order valence-electron chi connectivity index (χ2n) is 8.30. The van der Waals surface area contributed by atoms with Crippen LogP contribution >= 0.6 is 0 Å². The molecule has 0 unspecified atom stereocenters. The normalized spacial score (nSPS) is 10.9. The maximum Gasteiger partial charge on any atom is 0.231 e. The van der Waals surface area contributed by atoms with Gasteiger partial charge in [0.25, 0.3) is 0 Å². The minimum absolute atomic E-state index is 0.510. The van der Waals surface area contributed by atoms with Gasteiger partial charge in [0, 0.05) is 16.8 Å². The van der Waals surface area contributed by atoms with E-state index in [4.69, 9.17) is 15.0 Å². The highest BCUT2D eigenvalue weighted by Gasteiger charge is 2.11. The van der Waals surface area contributed by atoms with E-state index >= 15 is 0 Å². The van der Waals surface area contributed by atoms with Crippen molar-refractivity contribution in [2.75, 3.05) is 5.32 Å². The summed E-state index contributed by atoms with van der Waals surface area (Å²) in [6.45, 7) is 0. The lowest BCUT2D eigenvalue weighted by atomic mass is 10.0. The molecule has 0 bridgehead atoms. The number of aromatic nitrogens is 3. The Morgan fingerprint density at radius 3 is 1.57 bits per heavy atom. The molecule has 5 aromatic carbocycles. The Kier molecular flexibility index (Phi) is 5.45. The van der Waals surface area contributed by atoms with E-state index in [-0.39, 0.29) is 0 Å². The second-order valence-corrected chi connectivity index (χ2v) is 8.30. The third kappa shape index (κ3) is 4.50. The van der Waals surface area contributed by atoms with Gasteiger partial charge in [-0.05, 0) is 40.1 Å². The van der Waals surface area contributed by atoms with Gasteiger partial charge in [0.15, 0.2) is 11.6 Å². The summed E-state index contributed by atoms with van der Waals surface area (Å²) in [4.78, 5) is 14.1. The van der Waals surface area contributed by atoms with Crippen molar-refractivity contribution in [3.8, 4) is 33.9 Å². The Bertz CT molecular complexity index is 1540. The van der Waals surface area contributed by atoms with Gasteiger partial charge in [0.1, 0.15) is 0 Å². The highest BCUT2D eigenvalue weighted by atomic mass is 15.2. The molecule has 166 valence electrons. The summed E-state index contributed by atoms with van der Waals surface area (Å²) in [5, 5.41) is 5.85. The molecular weight excluding hydrogens is 428 g/mol. The van der Waals surface area contributed by atoms with Crippen molar-refractivity contribution in [1.29, 1.82) is 0 Å². The average molecular weight is 451 g/mol. The Morgan fingerprint density at radius 2 is 0.943 bits per heavy atom. The molecule has 4 nitrogen and oxygen atoms in total. The lowest BCUT2D eigenvalue weighted by molar-refractivity contribution is 1.07. The number of hydrogen-bond donors (Lipinski definition) is 1. The van der Waals surface area contributed by atoms with E-state index < -0.39 is 0 Å². The lowest BCUT2D eigenvalue weighted by Crippen LogP contribution is -2.03. The van der Waals surface area contributed by atoms with Crippen LogP contribution in [-0.2, 0) is 0 Å². The van der Waals surface area contributed by atoms with E-state index in [2.05, 4.69) is 72.0 Å². The standard InChI is InChI=1S/C31H22N4/c1-3-10-24(11-4-1)29-33-30(25-12-5-2-6-13-25)35-31(34-29)32-28-19-17-23(18-20-28)27-16-15-22-9-7-8-14-26(22)21-27/h1-21H,(H,32,33,34,35). The van der Waals surface area contributed by atoms with Crippen molar-refractivity contribution in [2.45, 2.75) is 0 Å². The highest BCUT2D eigenvalue weighted by molar-refractivity contribution is 5.87. The van der Waals surface area contributed by atoms with E-state index in [0.717, 1.165) is 22.4 Å². The summed E-state index contributed by atoms with van der Waals surface area (Å²) in [6, 6.07) is 43.2. The molecule has 0 saturated carbocycles. The number of hydrogen-bond acceptors (Lipinski definition) is 4. The van der Waals surface area contributed by atoms with Gasteiger partial charge in [-0.1, -0.05) is 109 Å². The fourth-order valence-electron chi connectivity index (χ4n) is 4.11. The Morgan fingerprint density at radius 1 is 0.400 bits per heavy atom. The maximum absolute atomic E-state index is 4.73. The molecule has 0 radical (unpaired) electrons. The van der Waals surface area contributed by atoms with Crippen molar-refractivity contribution < 1.29 is 0 Å². The molecule has 0 saturated heterocycles. The maximum atomic E-state index is 4.73. The zero-order valence-electron chi connectivity index (χ0n) is 19.0. The average Bonchev–Trinajstić information content (AvgIpc) is 2.94. The van der Waals surface area contributed by atoms with Crippen molar-refractivity contribution >= 4 is 22.4 Å². The van der Waals surface area contributed by atoms with Crippen molar-refractivity contribution in [3.05, 3.63) is 127 Å². The fourth-order valence-corrected chi connectivity index (χ4v) is 4.11. The molecule has 1 N–H and O–H groups in total. The van der Waals surface area contributed by atoms with Crippen LogP contribution < -0.4 is 5.32 Å². The molecule has 6 aromatic rings. The summed E-state index contributed by atoms with van der Waals surface area (Å²) in [7, 11) is 0. The van der Waals surface area contributed by atoms with Crippen LogP contribution in [0.25, 0.3) is 44.7 Å². The number of anilines is 2. The molecule has 0 fully saturated rings. The van der Waals surface area contributed by atoms with Gasteiger partial charge in [-0.2, -0.15) is 9.97 Å². The van der Waals surface area contributed by atoms with Crippen LogP contribution in [0.4, 0.5) is 11.6 Å². The first-order valence-electron chi connectivity index (χ1n) is 11.5. The zero-order valence-corrected chi connectivity index (χ0v) is 19.0. The first-order chi connectivity index (χ1) is 17.3. The SMILES string of the molecule is c1ccc(-c2nc(Nc3ccc(-c4ccc5ccccc5c4)cc3)nc(-c3ccccc3)n2)cc1. The van der Waals surface area contributed by atoms with Gasteiger partial charge < -0.3 is 5.32 Å².